The highest BCUT2D eigenvalue weighted by molar-refractivity contribution is 7.92. The van der Waals surface area contributed by atoms with Crippen LogP contribution in [0.4, 0.5) is 5.95 Å². The Bertz CT molecular complexity index is 702. The molecule has 1 aromatic heterocycles. The number of sulfone groups is 1. The summed E-state index contributed by atoms with van der Waals surface area (Å²) in [5.74, 6) is 0.679. The van der Waals surface area contributed by atoms with E-state index < -0.39 is 14.6 Å². The summed E-state index contributed by atoms with van der Waals surface area (Å²) >= 11 is 0. The van der Waals surface area contributed by atoms with Crippen LogP contribution in [0.25, 0.3) is 11.0 Å². The van der Waals surface area contributed by atoms with Crippen LogP contribution in [0.1, 0.15) is 13.8 Å². The summed E-state index contributed by atoms with van der Waals surface area (Å²) in [4.78, 5) is 4.45. The lowest BCUT2D eigenvalue weighted by molar-refractivity contribution is 0.559. The summed E-state index contributed by atoms with van der Waals surface area (Å²) < 4.78 is 24.4. The molecule has 0 amide bonds. The number of para-hydroxylation sites is 2. The molecule has 1 N–H and O–H groups in total. The second-order valence-corrected chi connectivity index (χ2v) is 8.02. The first kappa shape index (κ1) is 13.9. The quantitative estimate of drug-likeness (QED) is 0.928. The predicted octanol–water partition coefficient (Wildman–Crippen LogP) is 1.81. The van der Waals surface area contributed by atoms with Crippen LogP contribution in [-0.4, -0.2) is 35.5 Å². The van der Waals surface area contributed by atoms with Crippen molar-refractivity contribution in [1.29, 1.82) is 0 Å². The number of nitrogens with one attached hydrogen (secondary N) is 1. The molecule has 0 spiro atoms. The molecule has 1 heterocycles. The first-order valence-corrected chi connectivity index (χ1v) is 7.96. The highest BCUT2D eigenvalue weighted by Crippen LogP contribution is 2.20. The molecule has 2 aromatic rings. The first-order chi connectivity index (χ1) is 8.72. The molecule has 1 aromatic carbocycles. The van der Waals surface area contributed by atoms with Crippen LogP contribution in [0.2, 0.25) is 0 Å². The van der Waals surface area contributed by atoms with Crippen molar-refractivity contribution in [3.8, 4) is 0 Å². The topological polar surface area (TPSA) is 64.0 Å². The van der Waals surface area contributed by atoms with Crippen molar-refractivity contribution in [3.05, 3.63) is 24.3 Å². The lowest BCUT2D eigenvalue weighted by atomic mass is 10.2. The maximum atomic E-state index is 11.7. The Morgan fingerprint density at radius 1 is 1.32 bits per heavy atom. The summed E-state index contributed by atoms with van der Waals surface area (Å²) in [7, 11) is -1.21. The van der Waals surface area contributed by atoms with Crippen LogP contribution in [0, 0.1) is 0 Å². The molecule has 0 fully saturated rings. The number of hydrogen-bond donors (Lipinski definition) is 1. The highest BCUT2D eigenvalue weighted by atomic mass is 32.2. The fourth-order valence-corrected chi connectivity index (χ4v) is 2.06. The van der Waals surface area contributed by atoms with Gasteiger partial charge in [-0.25, -0.2) is 13.4 Å². The Balaban J connectivity index is 2.26. The van der Waals surface area contributed by atoms with Gasteiger partial charge in [-0.2, -0.15) is 0 Å². The van der Waals surface area contributed by atoms with Crippen LogP contribution in [0.5, 0.6) is 0 Å². The molecule has 19 heavy (non-hydrogen) atoms. The minimum atomic E-state index is -3.11. The van der Waals surface area contributed by atoms with Crippen molar-refractivity contribution in [2.75, 3.05) is 18.1 Å². The largest absolute Gasteiger partial charge is 0.354 e. The van der Waals surface area contributed by atoms with E-state index in [2.05, 4.69) is 10.3 Å². The van der Waals surface area contributed by atoms with Gasteiger partial charge in [-0.1, -0.05) is 12.1 Å². The van der Waals surface area contributed by atoms with E-state index in [9.17, 15) is 8.42 Å². The Kier molecular flexibility index (Phi) is 3.30. The third-order valence-electron chi connectivity index (χ3n) is 3.46. The van der Waals surface area contributed by atoms with Gasteiger partial charge in [-0.15, -0.1) is 0 Å². The van der Waals surface area contributed by atoms with E-state index in [4.69, 9.17) is 0 Å². The smallest absolute Gasteiger partial charge is 0.203 e. The molecular formula is C13H19N3O2S. The van der Waals surface area contributed by atoms with Crippen molar-refractivity contribution >= 4 is 26.8 Å². The summed E-state index contributed by atoms with van der Waals surface area (Å²) in [6.45, 7) is 3.74. The van der Waals surface area contributed by atoms with Crippen molar-refractivity contribution in [1.82, 2.24) is 9.55 Å². The number of fused-ring (bicyclic) bond motifs is 1. The van der Waals surface area contributed by atoms with Gasteiger partial charge in [-0.05, 0) is 26.0 Å². The summed E-state index contributed by atoms with van der Waals surface area (Å²) in [6, 6.07) is 7.80. The standard InChI is InChI=1S/C13H19N3O2S/c1-13(2,19(4,17)18)9-14-12-15-10-7-5-6-8-11(10)16(12)3/h5-8H,9H2,1-4H3,(H,14,15). The molecule has 104 valence electrons. The maximum absolute atomic E-state index is 11.7. The zero-order valence-corrected chi connectivity index (χ0v) is 12.5. The van der Waals surface area contributed by atoms with E-state index in [1.165, 1.54) is 6.26 Å². The predicted molar refractivity (Wildman–Crippen MR) is 78.1 cm³/mol. The molecule has 2 rings (SSSR count). The zero-order chi connectivity index (χ0) is 14.3. The Morgan fingerprint density at radius 3 is 2.53 bits per heavy atom. The van der Waals surface area contributed by atoms with Gasteiger partial charge in [-0.3, -0.25) is 0 Å². The Hall–Kier alpha value is -1.56. The maximum Gasteiger partial charge on any atom is 0.203 e. The second kappa shape index (κ2) is 4.52. The van der Waals surface area contributed by atoms with Crippen LogP contribution in [0.3, 0.4) is 0 Å². The minimum absolute atomic E-state index is 0.322. The van der Waals surface area contributed by atoms with Gasteiger partial charge >= 0.3 is 0 Å². The van der Waals surface area contributed by atoms with E-state index in [1.54, 1.807) is 13.8 Å². The van der Waals surface area contributed by atoms with Crippen molar-refractivity contribution in [2.45, 2.75) is 18.6 Å². The number of aryl methyl sites for hydroxylation is 1. The lowest BCUT2D eigenvalue weighted by Crippen LogP contribution is -2.38. The lowest BCUT2D eigenvalue weighted by Gasteiger charge is -2.22. The van der Waals surface area contributed by atoms with Gasteiger partial charge in [0.15, 0.2) is 9.84 Å². The molecule has 0 saturated carbocycles. The number of anilines is 1. The molecule has 0 saturated heterocycles. The van der Waals surface area contributed by atoms with Crippen LogP contribution < -0.4 is 5.32 Å². The normalized spacial score (nSPS) is 12.8. The van der Waals surface area contributed by atoms with Gasteiger partial charge < -0.3 is 9.88 Å². The molecule has 0 atom stereocenters. The van der Waals surface area contributed by atoms with Crippen LogP contribution in [-0.2, 0) is 16.9 Å². The van der Waals surface area contributed by atoms with E-state index in [0.717, 1.165) is 11.0 Å². The molecule has 0 unspecified atom stereocenters. The first-order valence-electron chi connectivity index (χ1n) is 6.07. The van der Waals surface area contributed by atoms with Crippen LogP contribution >= 0.6 is 0 Å². The van der Waals surface area contributed by atoms with Crippen molar-refractivity contribution < 1.29 is 8.42 Å². The van der Waals surface area contributed by atoms with Gasteiger partial charge in [0.1, 0.15) is 0 Å². The fourth-order valence-electron chi connectivity index (χ4n) is 1.73. The van der Waals surface area contributed by atoms with Gasteiger partial charge in [0.25, 0.3) is 0 Å². The van der Waals surface area contributed by atoms with E-state index in [-0.39, 0.29) is 0 Å². The van der Waals surface area contributed by atoms with Gasteiger partial charge in [0.05, 0.1) is 15.8 Å². The number of hydrogen-bond acceptors (Lipinski definition) is 4. The average molecular weight is 281 g/mol. The number of imidazole rings is 1. The molecule has 0 radical (unpaired) electrons. The monoisotopic (exact) mass is 281 g/mol. The summed E-state index contributed by atoms with van der Waals surface area (Å²) in [5, 5.41) is 3.12. The van der Waals surface area contributed by atoms with Crippen molar-refractivity contribution in [3.63, 3.8) is 0 Å². The molecule has 0 bridgehead atoms. The van der Waals surface area contributed by atoms with E-state index in [1.807, 2.05) is 35.9 Å². The average Bonchev–Trinajstić information content (AvgIpc) is 2.63. The molecule has 6 heteroatoms. The molecule has 0 aliphatic rings. The van der Waals surface area contributed by atoms with Gasteiger partial charge in [0.2, 0.25) is 5.95 Å². The minimum Gasteiger partial charge on any atom is -0.354 e. The third kappa shape index (κ3) is 2.58. The Morgan fingerprint density at radius 2 is 1.95 bits per heavy atom. The van der Waals surface area contributed by atoms with Gasteiger partial charge in [0, 0.05) is 19.8 Å². The zero-order valence-electron chi connectivity index (χ0n) is 11.6. The summed E-state index contributed by atoms with van der Waals surface area (Å²) in [5.41, 5.74) is 1.91. The van der Waals surface area contributed by atoms with Crippen LogP contribution in [0.15, 0.2) is 24.3 Å². The number of aromatic nitrogens is 2. The number of benzene rings is 1. The third-order valence-corrected chi connectivity index (χ3v) is 5.62. The highest BCUT2D eigenvalue weighted by Gasteiger charge is 2.30. The molecule has 0 aliphatic carbocycles. The summed E-state index contributed by atoms with van der Waals surface area (Å²) in [6.07, 6.45) is 1.25. The fraction of sp³-hybridized carbons (Fsp3) is 0.462. The Labute approximate surface area is 113 Å². The van der Waals surface area contributed by atoms with Crippen molar-refractivity contribution in [2.24, 2.45) is 7.05 Å². The molecule has 5 nitrogen and oxygen atoms in total. The molecule has 0 aliphatic heterocycles. The van der Waals surface area contributed by atoms with E-state index in [0.29, 0.717) is 12.5 Å². The molecular weight excluding hydrogens is 262 g/mol. The second-order valence-electron chi connectivity index (χ2n) is 5.37. The number of rotatable bonds is 4. The van der Waals surface area contributed by atoms with E-state index >= 15 is 0 Å². The SMILES string of the molecule is Cn1c(NCC(C)(C)S(C)(=O)=O)nc2ccccc21. The number of nitrogens with zero attached hydrogens (tertiary/aromatic N) is 2.